The lowest BCUT2D eigenvalue weighted by atomic mass is 9.94. The molecule has 0 spiro atoms. The number of imide groups is 2. The SMILES string of the molecule is CN(C)C[C@H]1CN(c2ccc3c(c2)C(=O)N(C2CCC(=O)NC2=O)C3=O)CCN1CC1CCN(c2ccc(OC=O)cc2F)CC1. The van der Waals surface area contributed by atoms with Gasteiger partial charge in [-0.2, -0.15) is 0 Å². The van der Waals surface area contributed by atoms with Crippen LogP contribution in [0.4, 0.5) is 15.8 Å². The Kier molecular flexibility index (Phi) is 9.05. The van der Waals surface area contributed by atoms with Gasteiger partial charge in [0.25, 0.3) is 18.3 Å². The molecule has 6 rings (SSSR count). The molecule has 4 aliphatic heterocycles. The molecule has 1 unspecified atom stereocenters. The lowest BCUT2D eigenvalue weighted by Crippen LogP contribution is -2.58. The fourth-order valence-corrected chi connectivity index (χ4v) is 7.18. The van der Waals surface area contributed by atoms with Crippen LogP contribution in [-0.4, -0.2) is 117 Å². The van der Waals surface area contributed by atoms with Crippen molar-refractivity contribution in [2.75, 3.05) is 69.7 Å². The van der Waals surface area contributed by atoms with E-state index < -0.39 is 35.5 Å². The van der Waals surface area contributed by atoms with E-state index in [1.807, 2.05) is 11.0 Å². The number of nitrogens with zero attached hydrogens (tertiary/aromatic N) is 5. The Bertz CT molecular complexity index is 1540. The molecule has 0 radical (unpaired) electrons. The number of fused-ring (bicyclic) bond motifs is 1. The number of piperazine rings is 1. The average molecular weight is 635 g/mol. The number of rotatable bonds is 9. The molecule has 2 atom stereocenters. The van der Waals surface area contributed by atoms with Crippen LogP contribution in [0.5, 0.6) is 5.75 Å². The quantitative estimate of drug-likeness (QED) is 0.322. The number of hydrogen-bond acceptors (Lipinski definition) is 10. The molecule has 3 fully saturated rings. The molecule has 1 N–H and O–H groups in total. The van der Waals surface area contributed by atoms with E-state index in [2.05, 4.69) is 34.1 Å². The first-order valence-electron chi connectivity index (χ1n) is 15.8. The summed E-state index contributed by atoms with van der Waals surface area (Å²) < 4.78 is 19.5. The van der Waals surface area contributed by atoms with Gasteiger partial charge in [0.15, 0.2) is 0 Å². The summed E-state index contributed by atoms with van der Waals surface area (Å²) in [7, 11) is 4.11. The van der Waals surface area contributed by atoms with E-state index in [0.717, 1.165) is 69.2 Å². The second kappa shape index (κ2) is 13.2. The monoisotopic (exact) mass is 634 g/mol. The topological polar surface area (TPSA) is 123 Å². The molecule has 2 aromatic carbocycles. The lowest BCUT2D eigenvalue weighted by Gasteiger charge is -2.45. The number of benzene rings is 2. The maximum atomic E-state index is 14.7. The van der Waals surface area contributed by atoms with E-state index >= 15 is 0 Å². The first kappa shape index (κ1) is 31.6. The molecule has 3 saturated heterocycles. The third-order valence-corrected chi connectivity index (χ3v) is 9.52. The summed E-state index contributed by atoms with van der Waals surface area (Å²) in [5.41, 5.74) is 1.94. The number of nitrogens with one attached hydrogen (secondary N) is 1. The molecule has 0 saturated carbocycles. The molecule has 244 valence electrons. The van der Waals surface area contributed by atoms with E-state index in [1.165, 1.54) is 6.07 Å². The average Bonchev–Trinajstić information content (AvgIpc) is 3.27. The Balaban J connectivity index is 1.09. The Hall–Kier alpha value is -4.36. The predicted octanol–water partition coefficient (Wildman–Crippen LogP) is 1.73. The molecule has 12 nitrogen and oxygen atoms in total. The van der Waals surface area contributed by atoms with Gasteiger partial charge in [-0.05, 0) is 69.6 Å². The Morgan fingerprint density at radius 1 is 0.935 bits per heavy atom. The van der Waals surface area contributed by atoms with Gasteiger partial charge < -0.3 is 19.4 Å². The van der Waals surface area contributed by atoms with Crippen LogP contribution in [0.25, 0.3) is 0 Å². The summed E-state index contributed by atoms with van der Waals surface area (Å²) in [6.45, 7) is 5.89. The molecule has 4 heterocycles. The molecule has 4 aliphatic rings. The number of ether oxygens (including phenoxy) is 1. The van der Waals surface area contributed by atoms with Crippen LogP contribution in [-0.2, 0) is 14.4 Å². The molecular formula is C33H39FN6O6. The van der Waals surface area contributed by atoms with Crippen LogP contribution in [0.2, 0.25) is 0 Å². The smallest absolute Gasteiger partial charge is 0.298 e. The van der Waals surface area contributed by atoms with Gasteiger partial charge in [0, 0.05) is 70.0 Å². The summed E-state index contributed by atoms with van der Waals surface area (Å²) in [6.07, 6.45) is 2.08. The van der Waals surface area contributed by atoms with Crippen LogP contribution in [0, 0.1) is 11.7 Å². The van der Waals surface area contributed by atoms with Crippen LogP contribution in [0.15, 0.2) is 36.4 Å². The highest BCUT2D eigenvalue weighted by Crippen LogP contribution is 2.33. The molecule has 0 bridgehead atoms. The number of anilines is 2. The predicted molar refractivity (Wildman–Crippen MR) is 167 cm³/mol. The molecule has 0 aliphatic carbocycles. The maximum absolute atomic E-state index is 14.7. The fraction of sp³-hybridized carbons (Fsp3) is 0.485. The first-order valence-corrected chi connectivity index (χ1v) is 15.8. The third-order valence-electron chi connectivity index (χ3n) is 9.52. The standard InChI is InChI=1S/C33H39FN6O6/c1-36(2)18-23-19-39(22-3-5-25-26(15-22)33(45)40(32(25)44)29-7-8-30(42)35-31(29)43)14-13-38(23)17-21-9-11-37(12-10-21)28-6-4-24(46-20-41)16-27(28)34/h3-6,15-16,20-21,23,29H,7-14,17-19H2,1-2H3,(H,35,42,43)/t23-,29?/m0/s1. The van der Waals surface area contributed by atoms with Gasteiger partial charge >= 0.3 is 0 Å². The van der Waals surface area contributed by atoms with Crippen LogP contribution in [0.1, 0.15) is 46.4 Å². The van der Waals surface area contributed by atoms with E-state index in [-0.39, 0.29) is 42.2 Å². The summed E-state index contributed by atoms with van der Waals surface area (Å²) in [5.74, 6) is -1.78. The van der Waals surface area contributed by atoms with Gasteiger partial charge in [-0.1, -0.05) is 0 Å². The van der Waals surface area contributed by atoms with Gasteiger partial charge in [-0.15, -0.1) is 0 Å². The van der Waals surface area contributed by atoms with Crippen LogP contribution in [0.3, 0.4) is 0 Å². The lowest BCUT2D eigenvalue weighted by molar-refractivity contribution is -0.136. The first-order chi connectivity index (χ1) is 22.1. The minimum Gasteiger partial charge on any atom is -0.429 e. The zero-order valence-corrected chi connectivity index (χ0v) is 26.1. The number of halogens is 1. The highest BCUT2D eigenvalue weighted by atomic mass is 19.1. The van der Waals surface area contributed by atoms with Crippen molar-refractivity contribution >= 4 is 41.5 Å². The summed E-state index contributed by atoms with van der Waals surface area (Å²) >= 11 is 0. The minimum absolute atomic E-state index is 0.0807. The van der Waals surface area contributed by atoms with Crippen molar-refractivity contribution in [2.24, 2.45) is 5.92 Å². The number of hydrogen-bond donors (Lipinski definition) is 1. The van der Waals surface area contributed by atoms with E-state index in [1.54, 1.807) is 24.3 Å². The molecule has 4 amide bonds. The summed E-state index contributed by atoms with van der Waals surface area (Å²) in [6, 6.07) is 9.05. The van der Waals surface area contributed by atoms with Crippen molar-refractivity contribution in [1.29, 1.82) is 0 Å². The van der Waals surface area contributed by atoms with Crippen molar-refractivity contribution in [3.8, 4) is 5.75 Å². The number of amides is 4. The number of likely N-dealkylation sites (N-methyl/N-ethyl adjacent to an activating group) is 1. The van der Waals surface area contributed by atoms with Gasteiger partial charge in [-0.3, -0.25) is 39.1 Å². The molecule has 2 aromatic rings. The normalized spacial score (nSPS) is 22.8. The van der Waals surface area contributed by atoms with Gasteiger partial charge in [-0.25, -0.2) is 4.39 Å². The highest BCUT2D eigenvalue weighted by Gasteiger charge is 2.45. The van der Waals surface area contributed by atoms with Crippen molar-refractivity contribution in [3.63, 3.8) is 0 Å². The summed E-state index contributed by atoms with van der Waals surface area (Å²) in [4.78, 5) is 71.2. The minimum atomic E-state index is -0.990. The zero-order chi connectivity index (χ0) is 32.5. The number of piperidine rings is 2. The third kappa shape index (κ3) is 6.34. The molecular weight excluding hydrogens is 595 g/mol. The number of carbonyl (C=O) groups excluding carboxylic acids is 5. The van der Waals surface area contributed by atoms with Crippen molar-refractivity contribution < 1.29 is 33.1 Å². The second-order valence-corrected chi connectivity index (χ2v) is 12.8. The van der Waals surface area contributed by atoms with Crippen LogP contribution < -0.4 is 19.9 Å². The fourth-order valence-electron chi connectivity index (χ4n) is 7.18. The summed E-state index contributed by atoms with van der Waals surface area (Å²) in [5, 5.41) is 2.24. The van der Waals surface area contributed by atoms with Crippen molar-refractivity contribution in [2.45, 2.75) is 37.8 Å². The van der Waals surface area contributed by atoms with E-state index in [9.17, 15) is 28.4 Å². The Morgan fingerprint density at radius 3 is 2.39 bits per heavy atom. The van der Waals surface area contributed by atoms with Crippen LogP contribution >= 0.6 is 0 Å². The van der Waals surface area contributed by atoms with Crippen molar-refractivity contribution in [3.05, 3.63) is 53.3 Å². The Morgan fingerprint density at radius 2 is 1.70 bits per heavy atom. The van der Waals surface area contributed by atoms with Gasteiger partial charge in [0.05, 0.1) is 16.8 Å². The zero-order valence-electron chi connectivity index (χ0n) is 26.1. The highest BCUT2D eigenvalue weighted by molar-refractivity contribution is 6.23. The molecule has 0 aromatic heterocycles. The van der Waals surface area contributed by atoms with Gasteiger partial charge in [0.2, 0.25) is 11.8 Å². The van der Waals surface area contributed by atoms with E-state index in [0.29, 0.717) is 11.6 Å². The molecule has 13 heteroatoms. The van der Waals surface area contributed by atoms with E-state index in [4.69, 9.17) is 4.74 Å². The van der Waals surface area contributed by atoms with Crippen molar-refractivity contribution in [1.82, 2.24) is 20.0 Å². The van der Waals surface area contributed by atoms with Gasteiger partial charge in [0.1, 0.15) is 17.6 Å². The Labute approximate surface area is 267 Å². The largest absolute Gasteiger partial charge is 0.429 e. The number of carbonyl (C=O) groups is 5. The maximum Gasteiger partial charge on any atom is 0.298 e. The molecule has 46 heavy (non-hydrogen) atoms. The second-order valence-electron chi connectivity index (χ2n) is 12.8.